The van der Waals surface area contributed by atoms with Gasteiger partial charge in [-0.05, 0) is 36.8 Å². The first-order valence-electron chi connectivity index (χ1n) is 5.52. The van der Waals surface area contributed by atoms with Gasteiger partial charge in [0.1, 0.15) is 11.5 Å². The lowest BCUT2D eigenvalue weighted by Crippen LogP contribution is -1.91. The van der Waals surface area contributed by atoms with Gasteiger partial charge in [-0.2, -0.15) is 0 Å². The molecule has 0 saturated carbocycles. The van der Waals surface area contributed by atoms with E-state index >= 15 is 0 Å². The zero-order valence-corrected chi connectivity index (χ0v) is 10.9. The molecule has 0 heterocycles. The minimum atomic E-state index is 0. The van der Waals surface area contributed by atoms with Crippen molar-refractivity contribution in [2.75, 3.05) is 12.3 Å². The molecule has 0 unspecified atom stereocenters. The number of aromatic hydroxyl groups is 1. The summed E-state index contributed by atoms with van der Waals surface area (Å²) in [5, 5.41) is 9.81. The molecular weight excluding hydrogens is 250 g/mol. The number of hydrogen-bond donors (Lipinski definition) is 2. The lowest BCUT2D eigenvalue weighted by Gasteiger charge is -2.07. The zero-order chi connectivity index (χ0) is 12.3. The fourth-order valence-corrected chi connectivity index (χ4v) is 1.69. The maximum Gasteiger partial charge on any atom is 0.125 e. The van der Waals surface area contributed by atoms with Crippen LogP contribution in [-0.4, -0.2) is 11.7 Å². The summed E-state index contributed by atoms with van der Waals surface area (Å²) >= 11 is 0. The minimum Gasteiger partial charge on any atom is -0.507 e. The lowest BCUT2D eigenvalue weighted by atomic mass is 10.0. The number of benzene rings is 2. The first kappa shape index (κ1) is 14.2. The van der Waals surface area contributed by atoms with Gasteiger partial charge in [0.15, 0.2) is 0 Å². The third-order valence-corrected chi connectivity index (χ3v) is 2.50. The Labute approximate surface area is 113 Å². The van der Waals surface area contributed by atoms with Crippen LogP contribution in [0.2, 0.25) is 0 Å². The molecule has 0 aliphatic rings. The molecule has 0 fully saturated rings. The van der Waals surface area contributed by atoms with E-state index < -0.39 is 0 Å². The average molecular weight is 266 g/mol. The Morgan fingerprint density at radius 1 is 1.11 bits per heavy atom. The Morgan fingerprint density at radius 3 is 2.33 bits per heavy atom. The van der Waals surface area contributed by atoms with Crippen LogP contribution >= 0.6 is 12.4 Å². The molecule has 2 rings (SSSR count). The number of phenols is 1. The van der Waals surface area contributed by atoms with Gasteiger partial charge in [0, 0.05) is 17.3 Å². The number of phenolic OH excluding ortho intramolecular Hbond substituents is 1. The largest absolute Gasteiger partial charge is 0.507 e. The Kier molecular flexibility index (Phi) is 4.86. The van der Waals surface area contributed by atoms with Gasteiger partial charge in [-0.1, -0.05) is 12.1 Å². The minimum absolute atomic E-state index is 0. The summed E-state index contributed by atoms with van der Waals surface area (Å²) in [4.78, 5) is 0. The van der Waals surface area contributed by atoms with E-state index in [1.807, 2.05) is 31.2 Å². The van der Waals surface area contributed by atoms with Crippen LogP contribution in [0.15, 0.2) is 42.5 Å². The molecule has 4 heteroatoms. The molecule has 0 saturated heterocycles. The van der Waals surface area contributed by atoms with Gasteiger partial charge in [0.25, 0.3) is 0 Å². The molecule has 0 aliphatic carbocycles. The van der Waals surface area contributed by atoms with E-state index in [0.717, 1.165) is 16.9 Å². The smallest absolute Gasteiger partial charge is 0.125 e. The second kappa shape index (κ2) is 6.17. The summed E-state index contributed by atoms with van der Waals surface area (Å²) in [6.07, 6.45) is 0. The van der Waals surface area contributed by atoms with Crippen molar-refractivity contribution in [3.05, 3.63) is 42.5 Å². The maximum absolute atomic E-state index is 9.81. The van der Waals surface area contributed by atoms with Gasteiger partial charge in [-0.15, -0.1) is 12.4 Å². The molecule has 0 atom stereocenters. The summed E-state index contributed by atoms with van der Waals surface area (Å²) in [6.45, 7) is 2.59. The first-order valence-corrected chi connectivity index (χ1v) is 5.52. The molecule has 0 spiro atoms. The topological polar surface area (TPSA) is 55.5 Å². The molecule has 0 amide bonds. The normalized spacial score (nSPS) is 9.61. The number of ether oxygens (including phenoxy) is 1. The van der Waals surface area contributed by atoms with E-state index in [4.69, 9.17) is 10.5 Å². The number of anilines is 1. The van der Waals surface area contributed by atoms with Crippen molar-refractivity contribution in [1.82, 2.24) is 0 Å². The summed E-state index contributed by atoms with van der Waals surface area (Å²) in [5.41, 5.74) is 7.84. The van der Waals surface area contributed by atoms with Crippen LogP contribution in [0.5, 0.6) is 11.5 Å². The Bertz CT molecular complexity index is 512. The van der Waals surface area contributed by atoms with Gasteiger partial charge in [-0.25, -0.2) is 0 Å². The van der Waals surface area contributed by atoms with Crippen molar-refractivity contribution in [1.29, 1.82) is 0 Å². The van der Waals surface area contributed by atoms with E-state index in [-0.39, 0.29) is 18.2 Å². The molecular formula is C14H16ClNO2. The van der Waals surface area contributed by atoms with Gasteiger partial charge < -0.3 is 15.6 Å². The van der Waals surface area contributed by atoms with Crippen molar-refractivity contribution in [3.8, 4) is 22.6 Å². The van der Waals surface area contributed by atoms with Gasteiger partial charge in [0.2, 0.25) is 0 Å². The molecule has 2 aromatic carbocycles. The number of nitrogen functional groups attached to an aromatic ring is 1. The van der Waals surface area contributed by atoms with Crippen LogP contribution in [0, 0.1) is 0 Å². The van der Waals surface area contributed by atoms with E-state index in [0.29, 0.717) is 12.3 Å². The van der Waals surface area contributed by atoms with Crippen molar-refractivity contribution >= 4 is 18.1 Å². The highest BCUT2D eigenvalue weighted by Crippen LogP contribution is 2.31. The number of nitrogens with two attached hydrogens (primary N) is 1. The predicted octanol–water partition coefficient (Wildman–Crippen LogP) is 3.46. The molecule has 0 aliphatic heterocycles. The summed E-state index contributed by atoms with van der Waals surface area (Å²) in [6, 6.07) is 12.7. The second-order valence-electron chi connectivity index (χ2n) is 3.73. The standard InChI is InChI=1S/C14H15NO2.ClH/c1-2-17-12-6-3-10(4-7-12)13-8-5-11(15)9-14(13)16;/h3-9,16H,2,15H2,1H3;1H. The van der Waals surface area contributed by atoms with Crippen LogP contribution < -0.4 is 10.5 Å². The molecule has 18 heavy (non-hydrogen) atoms. The molecule has 0 aromatic heterocycles. The van der Waals surface area contributed by atoms with Crippen molar-refractivity contribution in [2.24, 2.45) is 0 Å². The number of rotatable bonds is 3. The quantitative estimate of drug-likeness (QED) is 0.836. The van der Waals surface area contributed by atoms with Gasteiger partial charge in [0.05, 0.1) is 6.61 Å². The fourth-order valence-electron chi connectivity index (χ4n) is 1.69. The van der Waals surface area contributed by atoms with Crippen LogP contribution in [0.25, 0.3) is 11.1 Å². The second-order valence-corrected chi connectivity index (χ2v) is 3.73. The zero-order valence-electron chi connectivity index (χ0n) is 10.1. The average Bonchev–Trinajstić information content (AvgIpc) is 2.31. The summed E-state index contributed by atoms with van der Waals surface area (Å²) < 4.78 is 5.36. The van der Waals surface area contributed by atoms with Crippen LogP contribution in [0.1, 0.15) is 6.92 Å². The highest BCUT2D eigenvalue weighted by atomic mass is 35.5. The fraction of sp³-hybridized carbons (Fsp3) is 0.143. The van der Waals surface area contributed by atoms with Crippen LogP contribution in [-0.2, 0) is 0 Å². The maximum atomic E-state index is 9.81. The summed E-state index contributed by atoms with van der Waals surface area (Å²) in [5.74, 6) is 1.01. The first-order chi connectivity index (χ1) is 8.20. The SMILES string of the molecule is CCOc1ccc(-c2ccc(N)cc2O)cc1.Cl. The van der Waals surface area contributed by atoms with Crippen LogP contribution in [0.4, 0.5) is 5.69 Å². The Morgan fingerprint density at radius 2 is 1.78 bits per heavy atom. The van der Waals surface area contributed by atoms with Gasteiger partial charge >= 0.3 is 0 Å². The van der Waals surface area contributed by atoms with E-state index in [1.165, 1.54) is 0 Å². The van der Waals surface area contributed by atoms with E-state index in [2.05, 4.69) is 0 Å². The Balaban J connectivity index is 0.00000162. The predicted molar refractivity (Wildman–Crippen MR) is 76.4 cm³/mol. The van der Waals surface area contributed by atoms with Crippen LogP contribution in [0.3, 0.4) is 0 Å². The molecule has 96 valence electrons. The highest BCUT2D eigenvalue weighted by molar-refractivity contribution is 5.85. The molecule has 3 N–H and O–H groups in total. The molecule has 0 bridgehead atoms. The van der Waals surface area contributed by atoms with Crippen molar-refractivity contribution in [2.45, 2.75) is 6.92 Å². The van der Waals surface area contributed by atoms with Gasteiger partial charge in [-0.3, -0.25) is 0 Å². The van der Waals surface area contributed by atoms with E-state index in [1.54, 1.807) is 18.2 Å². The molecule has 2 aromatic rings. The lowest BCUT2D eigenvalue weighted by molar-refractivity contribution is 0.340. The number of hydrogen-bond acceptors (Lipinski definition) is 3. The molecule has 3 nitrogen and oxygen atoms in total. The number of halogens is 1. The third-order valence-electron chi connectivity index (χ3n) is 2.50. The Hall–Kier alpha value is -1.87. The van der Waals surface area contributed by atoms with Crippen molar-refractivity contribution in [3.63, 3.8) is 0 Å². The highest BCUT2D eigenvalue weighted by Gasteiger charge is 2.04. The van der Waals surface area contributed by atoms with Crippen molar-refractivity contribution < 1.29 is 9.84 Å². The van der Waals surface area contributed by atoms with E-state index in [9.17, 15) is 5.11 Å². The third kappa shape index (κ3) is 3.08. The monoisotopic (exact) mass is 265 g/mol. The summed E-state index contributed by atoms with van der Waals surface area (Å²) in [7, 11) is 0. The molecule has 0 radical (unpaired) electrons.